The number of ether oxygens (including phenoxy) is 2. The summed E-state index contributed by atoms with van der Waals surface area (Å²) in [6.07, 6.45) is 6.37. The molecule has 1 fully saturated rings. The summed E-state index contributed by atoms with van der Waals surface area (Å²) in [6.45, 7) is 8.29. The van der Waals surface area contributed by atoms with Crippen molar-refractivity contribution in [3.05, 3.63) is 0 Å². The molecule has 0 radical (unpaired) electrons. The summed E-state index contributed by atoms with van der Waals surface area (Å²) in [6, 6.07) is 0. The molecule has 1 amide bonds. The lowest BCUT2D eigenvalue weighted by Crippen LogP contribution is -2.39. The molecule has 0 bridgehead atoms. The third-order valence-electron chi connectivity index (χ3n) is 3.53. The Morgan fingerprint density at radius 1 is 1.25 bits per heavy atom. The molecule has 0 atom stereocenters. The molecule has 0 aromatic carbocycles. The molecule has 0 unspecified atom stereocenters. The van der Waals surface area contributed by atoms with Gasteiger partial charge in [0.1, 0.15) is 0 Å². The maximum atomic E-state index is 11.5. The number of piperidine rings is 1. The van der Waals surface area contributed by atoms with Gasteiger partial charge in [0.25, 0.3) is 5.24 Å². The third kappa shape index (κ3) is 7.50. The topological polar surface area (TPSA) is 38.8 Å². The Morgan fingerprint density at radius 2 is 1.95 bits per heavy atom. The Morgan fingerprint density at radius 3 is 2.55 bits per heavy atom. The molecule has 0 N–H and O–H groups in total. The summed E-state index contributed by atoms with van der Waals surface area (Å²) in [5.74, 6) is 0.754. The van der Waals surface area contributed by atoms with E-state index in [0.717, 1.165) is 44.9 Å². The zero-order valence-electron chi connectivity index (χ0n) is 13.1. The van der Waals surface area contributed by atoms with Crippen LogP contribution in [0.25, 0.3) is 0 Å². The van der Waals surface area contributed by atoms with E-state index in [0.29, 0.717) is 19.3 Å². The summed E-state index contributed by atoms with van der Waals surface area (Å²) in [5, 5.41) is 0.178. The first-order valence-corrected chi connectivity index (χ1v) is 8.88. The summed E-state index contributed by atoms with van der Waals surface area (Å²) in [5.41, 5.74) is 0. The minimum absolute atomic E-state index is 0.178. The number of carbonyl (C=O) groups is 1. The molecule has 0 spiro atoms. The predicted molar refractivity (Wildman–Crippen MR) is 84.3 cm³/mol. The van der Waals surface area contributed by atoms with E-state index in [2.05, 4.69) is 13.8 Å². The maximum absolute atomic E-state index is 11.5. The maximum Gasteiger partial charge on any atom is 0.281 e. The van der Waals surface area contributed by atoms with E-state index in [1.807, 2.05) is 11.2 Å². The van der Waals surface area contributed by atoms with E-state index >= 15 is 0 Å². The van der Waals surface area contributed by atoms with Crippen LogP contribution in [0.4, 0.5) is 4.79 Å². The number of thioether (sulfide) groups is 1. The molecule has 1 rings (SSSR count). The van der Waals surface area contributed by atoms with Crippen LogP contribution in [0.15, 0.2) is 0 Å². The Hall–Kier alpha value is -0.260. The number of hydrogen-bond donors (Lipinski definition) is 0. The lowest BCUT2D eigenvalue weighted by molar-refractivity contribution is -0.0172. The zero-order chi connectivity index (χ0) is 14.8. The highest BCUT2D eigenvalue weighted by atomic mass is 32.2. The molecule has 4 nitrogen and oxygen atoms in total. The molecule has 118 valence electrons. The minimum atomic E-state index is 0.178. The van der Waals surface area contributed by atoms with Crippen molar-refractivity contribution in [2.75, 3.05) is 39.2 Å². The molecular weight excluding hydrogens is 274 g/mol. The highest BCUT2D eigenvalue weighted by Crippen LogP contribution is 2.16. The van der Waals surface area contributed by atoms with Crippen molar-refractivity contribution >= 4 is 17.0 Å². The van der Waals surface area contributed by atoms with E-state index < -0.39 is 0 Å². The van der Waals surface area contributed by atoms with E-state index in [9.17, 15) is 4.79 Å². The molecule has 5 heteroatoms. The average molecular weight is 303 g/mol. The first-order chi connectivity index (χ1) is 9.63. The van der Waals surface area contributed by atoms with Crippen LogP contribution in [0.1, 0.15) is 39.5 Å². The standard InChI is InChI=1S/C15H29NO3S/c1-13(2)5-4-10-18-11-12-19-14-6-8-16(9-7-14)15(17)20-3/h13-14H,4-12H2,1-3H3. The number of amides is 1. The molecule has 1 heterocycles. The van der Waals surface area contributed by atoms with Gasteiger partial charge in [0, 0.05) is 19.7 Å². The third-order valence-corrected chi connectivity index (χ3v) is 4.13. The van der Waals surface area contributed by atoms with Crippen molar-refractivity contribution in [2.45, 2.75) is 45.6 Å². The van der Waals surface area contributed by atoms with Crippen molar-refractivity contribution in [1.82, 2.24) is 4.90 Å². The SMILES string of the molecule is CSC(=O)N1CCC(OCCOCCCC(C)C)CC1. The molecule has 0 aliphatic carbocycles. The van der Waals surface area contributed by atoms with E-state index in [4.69, 9.17) is 9.47 Å². The molecular formula is C15H29NO3S. The predicted octanol–water partition coefficient (Wildman–Crippen LogP) is 3.40. The van der Waals surface area contributed by atoms with Gasteiger partial charge >= 0.3 is 0 Å². The van der Waals surface area contributed by atoms with Gasteiger partial charge < -0.3 is 14.4 Å². The van der Waals surface area contributed by atoms with Gasteiger partial charge in [-0.2, -0.15) is 0 Å². The van der Waals surface area contributed by atoms with Crippen molar-refractivity contribution in [3.63, 3.8) is 0 Å². The quantitative estimate of drug-likeness (QED) is 0.644. The Kier molecular flexibility index (Phi) is 9.31. The fourth-order valence-corrected chi connectivity index (χ4v) is 2.74. The van der Waals surface area contributed by atoms with Crippen molar-refractivity contribution in [2.24, 2.45) is 5.92 Å². The van der Waals surface area contributed by atoms with Crippen LogP contribution >= 0.6 is 11.8 Å². The molecule has 1 aliphatic rings. The minimum Gasteiger partial charge on any atom is -0.379 e. The van der Waals surface area contributed by atoms with Gasteiger partial charge in [-0.3, -0.25) is 4.79 Å². The Bertz CT molecular complexity index is 266. The first kappa shape index (κ1) is 17.8. The second-order valence-corrected chi connectivity index (χ2v) is 6.43. The Labute approximate surface area is 127 Å². The average Bonchev–Trinajstić information content (AvgIpc) is 2.45. The summed E-state index contributed by atoms with van der Waals surface area (Å²) in [4.78, 5) is 13.4. The van der Waals surface area contributed by atoms with Crippen LogP contribution in [-0.4, -0.2) is 55.4 Å². The molecule has 1 aliphatic heterocycles. The fraction of sp³-hybridized carbons (Fsp3) is 0.933. The smallest absolute Gasteiger partial charge is 0.281 e. The summed E-state index contributed by atoms with van der Waals surface area (Å²) in [7, 11) is 0. The number of rotatable bonds is 8. The summed E-state index contributed by atoms with van der Waals surface area (Å²) >= 11 is 1.29. The van der Waals surface area contributed by atoms with Gasteiger partial charge in [0.05, 0.1) is 19.3 Å². The monoisotopic (exact) mass is 303 g/mol. The Balaban J connectivity index is 1.95. The van der Waals surface area contributed by atoms with Crippen LogP contribution < -0.4 is 0 Å². The molecule has 1 saturated heterocycles. The lowest BCUT2D eigenvalue weighted by atomic mass is 10.1. The molecule has 0 saturated carbocycles. The molecule has 0 aromatic heterocycles. The number of likely N-dealkylation sites (tertiary alicyclic amines) is 1. The van der Waals surface area contributed by atoms with Crippen LogP contribution in [0.5, 0.6) is 0 Å². The molecule has 20 heavy (non-hydrogen) atoms. The van der Waals surface area contributed by atoms with Crippen LogP contribution in [0.3, 0.4) is 0 Å². The van der Waals surface area contributed by atoms with Crippen molar-refractivity contribution in [3.8, 4) is 0 Å². The van der Waals surface area contributed by atoms with Crippen LogP contribution in [0.2, 0.25) is 0 Å². The van der Waals surface area contributed by atoms with Gasteiger partial charge in [-0.15, -0.1) is 0 Å². The second-order valence-electron chi connectivity index (χ2n) is 5.68. The fourth-order valence-electron chi connectivity index (χ4n) is 2.30. The number of nitrogens with zero attached hydrogens (tertiary/aromatic N) is 1. The molecule has 0 aromatic rings. The second kappa shape index (κ2) is 10.5. The summed E-state index contributed by atoms with van der Waals surface area (Å²) < 4.78 is 11.4. The highest BCUT2D eigenvalue weighted by Gasteiger charge is 2.22. The van der Waals surface area contributed by atoms with Gasteiger partial charge in [0.15, 0.2) is 0 Å². The van der Waals surface area contributed by atoms with Gasteiger partial charge in [0.2, 0.25) is 0 Å². The van der Waals surface area contributed by atoms with E-state index in [1.54, 1.807) is 0 Å². The highest BCUT2D eigenvalue weighted by molar-refractivity contribution is 8.12. The first-order valence-electron chi connectivity index (χ1n) is 7.65. The number of hydrogen-bond acceptors (Lipinski definition) is 4. The van der Waals surface area contributed by atoms with E-state index in [1.165, 1.54) is 18.2 Å². The largest absolute Gasteiger partial charge is 0.379 e. The van der Waals surface area contributed by atoms with Crippen molar-refractivity contribution in [1.29, 1.82) is 0 Å². The van der Waals surface area contributed by atoms with Crippen LogP contribution in [0, 0.1) is 5.92 Å². The number of carbonyl (C=O) groups excluding carboxylic acids is 1. The van der Waals surface area contributed by atoms with Gasteiger partial charge in [-0.25, -0.2) is 0 Å². The van der Waals surface area contributed by atoms with Gasteiger partial charge in [-0.05, 0) is 37.9 Å². The normalized spacial score (nSPS) is 16.9. The zero-order valence-corrected chi connectivity index (χ0v) is 13.9. The van der Waals surface area contributed by atoms with E-state index in [-0.39, 0.29) is 5.24 Å². The van der Waals surface area contributed by atoms with Crippen LogP contribution in [-0.2, 0) is 9.47 Å². The van der Waals surface area contributed by atoms with Gasteiger partial charge in [-0.1, -0.05) is 25.6 Å². The van der Waals surface area contributed by atoms with Crippen molar-refractivity contribution < 1.29 is 14.3 Å². The lowest BCUT2D eigenvalue weighted by Gasteiger charge is -2.31.